The predicted molar refractivity (Wildman–Crippen MR) is 88.4 cm³/mol. The molecule has 0 atom stereocenters. The van der Waals surface area contributed by atoms with Crippen molar-refractivity contribution >= 4 is 58.8 Å². The minimum atomic E-state index is 0.798. The average Bonchev–Trinajstić information content (AvgIpc) is 2.73. The Balaban J connectivity index is 2.14. The second kappa shape index (κ2) is 5.38. The lowest BCUT2D eigenvalue weighted by molar-refractivity contribution is 0.800. The Bertz CT molecular complexity index is 735. The molecule has 1 heterocycles. The molecule has 0 radical (unpaired) electrons. The minimum absolute atomic E-state index is 0.798. The van der Waals surface area contributed by atoms with Crippen molar-refractivity contribution in [3.05, 3.63) is 61.7 Å². The molecule has 96 valence electrons. The van der Waals surface area contributed by atoms with Crippen LogP contribution in [0.1, 0.15) is 5.56 Å². The van der Waals surface area contributed by atoms with E-state index in [9.17, 15) is 0 Å². The molecule has 2 nitrogen and oxygen atoms in total. The standard InChI is InChI=1S/C14H9Br3N2/c15-10-6-7-11-13(12(10)16)18-14(17)19(11)8-9-4-2-1-3-5-9/h1-7H,8H2. The van der Waals surface area contributed by atoms with E-state index in [1.165, 1.54) is 5.56 Å². The number of fused-ring (bicyclic) bond motifs is 1. The summed E-state index contributed by atoms with van der Waals surface area (Å²) in [5, 5.41) is 0. The molecule has 19 heavy (non-hydrogen) atoms. The fraction of sp³-hybridized carbons (Fsp3) is 0.0714. The van der Waals surface area contributed by atoms with Gasteiger partial charge in [-0.1, -0.05) is 30.3 Å². The number of rotatable bonds is 2. The highest BCUT2D eigenvalue weighted by Gasteiger charge is 2.13. The van der Waals surface area contributed by atoms with Gasteiger partial charge in [-0.2, -0.15) is 0 Å². The van der Waals surface area contributed by atoms with Crippen molar-refractivity contribution < 1.29 is 0 Å². The summed E-state index contributed by atoms with van der Waals surface area (Å²) >= 11 is 10.6. The van der Waals surface area contributed by atoms with Gasteiger partial charge in [-0.3, -0.25) is 0 Å². The first-order valence-corrected chi connectivity index (χ1v) is 8.08. The lowest BCUT2D eigenvalue weighted by Crippen LogP contribution is -1.99. The molecular weight excluding hydrogens is 436 g/mol. The fourth-order valence-electron chi connectivity index (χ4n) is 2.02. The lowest BCUT2D eigenvalue weighted by Gasteiger charge is -2.06. The summed E-state index contributed by atoms with van der Waals surface area (Å²) in [6.07, 6.45) is 0. The van der Waals surface area contributed by atoms with E-state index in [0.29, 0.717) is 0 Å². The molecule has 0 aliphatic rings. The van der Waals surface area contributed by atoms with E-state index in [-0.39, 0.29) is 0 Å². The van der Waals surface area contributed by atoms with Crippen LogP contribution in [0.15, 0.2) is 56.1 Å². The summed E-state index contributed by atoms with van der Waals surface area (Å²) in [4.78, 5) is 4.57. The highest BCUT2D eigenvalue weighted by molar-refractivity contribution is 9.13. The topological polar surface area (TPSA) is 17.8 Å². The van der Waals surface area contributed by atoms with Gasteiger partial charge in [0.2, 0.25) is 0 Å². The van der Waals surface area contributed by atoms with Crippen LogP contribution in [0.3, 0.4) is 0 Å². The second-order valence-electron chi connectivity index (χ2n) is 4.18. The van der Waals surface area contributed by atoms with E-state index in [4.69, 9.17) is 0 Å². The van der Waals surface area contributed by atoms with Gasteiger partial charge in [0.05, 0.1) is 16.5 Å². The zero-order valence-electron chi connectivity index (χ0n) is 9.78. The molecule has 2 aromatic carbocycles. The van der Waals surface area contributed by atoms with E-state index < -0.39 is 0 Å². The van der Waals surface area contributed by atoms with Crippen LogP contribution in [-0.4, -0.2) is 9.55 Å². The van der Waals surface area contributed by atoms with Crippen molar-refractivity contribution in [2.45, 2.75) is 6.54 Å². The molecule has 1 aromatic heterocycles. The van der Waals surface area contributed by atoms with E-state index in [1.807, 2.05) is 12.1 Å². The number of benzene rings is 2. The van der Waals surface area contributed by atoms with Crippen LogP contribution in [-0.2, 0) is 6.54 Å². The first-order chi connectivity index (χ1) is 9.16. The van der Waals surface area contributed by atoms with Crippen molar-refractivity contribution in [1.29, 1.82) is 0 Å². The smallest absolute Gasteiger partial charge is 0.178 e. The number of halogens is 3. The van der Waals surface area contributed by atoms with Crippen molar-refractivity contribution in [2.75, 3.05) is 0 Å². The molecule has 3 rings (SSSR count). The fourth-order valence-corrected chi connectivity index (χ4v) is 3.26. The monoisotopic (exact) mass is 442 g/mol. The highest BCUT2D eigenvalue weighted by Crippen LogP contribution is 2.33. The molecule has 5 heteroatoms. The Kier molecular flexibility index (Phi) is 3.78. The minimum Gasteiger partial charge on any atom is -0.314 e. The highest BCUT2D eigenvalue weighted by atomic mass is 79.9. The van der Waals surface area contributed by atoms with Crippen molar-refractivity contribution in [1.82, 2.24) is 9.55 Å². The molecular formula is C14H9Br3N2. The molecule has 0 bridgehead atoms. The summed E-state index contributed by atoms with van der Waals surface area (Å²) in [7, 11) is 0. The molecule has 0 fully saturated rings. The average molecular weight is 445 g/mol. The van der Waals surface area contributed by atoms with Crippen LogP contribution in [0.5, 0.6) is 0 Å². The molecule has 0 spiro atoms. The van der Waals surface area contributed by atoms with E-state index in [0.717, 1.165) is 31.3 Å². The zero-order chi connectivity index (χ0) is 13.4. The normalized spacial score (nSPS) is 11.1. The van der Waals surface area contributed by atoms with Crippen LogP contribution in [0, 0.1) is 0 Å². The number of hydrogen-bond acceptors (Lipinski definition) is 1. The van der Waals surface area contributed by atoms with Gasteiger partial charge in [0, 0.05) is 4.47 Å². The van der Waals surface area contributed by atoms with Crippen LogP contribution >= 0.6 is 47.8 Å². The lowest BCUT2D eigenvalue weighted by atomic mass is 10.2. The number of hydrogen-bond donors (Lipinski definition) is 0. The maximum Gasteiger partial charge on any atom is 0.178 e. The molecule has 0 aliphatic carbocycles. The van der Waals surface area contributed by atoms with Gasteiger partial charge in [-0.05, 0) is 65.5 Å². The number of nitrogens with zero attached hydrogens (tertiary/aromatic N) is 2. The molecule has 3 aromatic rings. The molecule has 0 amide bonds. The SMILES string of the molecule is Brc1ccc2c(nc(Br)n2Cc2ccccc2)c1Br. The van der Waals surface area contributed by atoms with E-state index in [1.54, 1.807) is 0 Å². The maximum atomic E-state index is 4.57. The van der Waals surface area contributed by atoms with Gasteiger partial charge < -0.3 is 4.57 Å². The summed E-state index contributed by atoms with van der Waals surface area (Å²) in [5.41, 5.74) is 3.31. The van der Waals surface area contributed by atoms with Crippen molar-refractivity contribution in [2.24, 2.45) is 0 Å². The molecule has 0 N–H and O–H groups in total. The van der Waals surface area contributed by atoms with Gasteiger partial charge in [-0.15, -0.1) is 0 Å². The summed E-state index contributed by atoms with van der Waals surface area (Å²) in [5.74, 6) is 0. The largest absolute Gasteiger partial charge is 0.314 e. The Hall–Kier alpha value is -0.650. The van der Waals surface area contributed by atoms with Gasteiger partial charge in [0.25, 0.3) is 0 Å². The third kappa shape index (κ3) is 2.51. The Morgan fingerprint density at radius 3 is 2.42 bits per heavy atom. The summed E-state index contributed by atoms with van der Waals surface area (Å²) < 4.78 is 4.99. The van der Waals surface area contributed by atoms with Gasteiger partial charge >= 0.3 is 0 Å². The Labute approximate surface area is 136 Å². The van der Waals surface area contributed by atoms with Crippen molar-refractivity contribution in [3.8, 4) is 0 Å². The number of aromatic nitrogens is 2. The summed E-state index contributed by atoms with van der Waals surface area (Å²) in [6.45, 7) is 0.798. The second-order valence-corrected chi connectivity index (χ2v) is 6.54. The third-order valence-electron chi connectivity index (χ3n) is 2.95. The van der Waals surface area contributed by atoms with E-state index in [2.05, 4.69) is 87.7 Å². The first kappa shape index (κ1) is 13.3. The maximum absolute atomic E-state index is 4.57. The summed E-state index contributed by atoms with van der Waals surface area (Å²) in [6, 6.07) is 14.5. The van der Waals surface area contributed by atoms with Gasteiger partial charge in [0.15, 0.2) is 4.73 Å². The van der Waals surface area contributed by atoms with Crippen molar-refractivity contribution in [3.63, 3.8) is 0 Å². The molecule has 0 unspecified atom stereocenters. The molecule has 0 saturated carbocycles. The quantitative estimate of drug-likeness (QED) is 0.519. The number of imidazole rings is 1. The van der Waals surface area contributed by atoms with E-state index >= 15 is 0 Å². The van der Waals surface area contributed by atoms with Crippen LogP contribution in [0.4, 0.5) is 0 Å². The predicted octanol–water partition coefficient (Wildman–Crippen LogP) is 5.37. The van der Waals surface area contributed by atoms with Crippen LogP contribution < -0.4 is 0 Å². The van der Waals surface area contributed by atoms with Crippen LogP contribution in [0.2, 0.25) is 0 Å². The third-order valence-corrected chi connectivity index (χ3v) is 5.55. The molecule has 0 saturated heterocycles. The first-order valence-electron chi connectivity index (χ1n) is 5.70. The van der Waals surface area contributed by atoms with Gasteiger partial charge in [0.1, 0.15) is 5.52 Å². The Morgan fingerprint density at radius 1 is 0.947 bits per heavy atom. The molecule has 0 aliphatic heterocycles. The van der Waals surface area contributed by atoms with Crippen LogP contribution in [0.25, 0.3) is 11.0 Å². The van der Waals surface area contributed by atoms with Gasteiger partial charge in [-0.25, -0.2) is 4.98 Å². The Morgan fingerprint density at radius 2 is 1.68 bits per heavy atom. The zero-order valence-corrected chi connectivity index (χ0v) is 14.5.